The standard InChI is InChI=1S/C19H17ClFN5O.C10H17NO2/c1-25-18-13(9-23-25)10-26(17-5-4-14(20)7-16(17)24-18)19(27)11-2-3-12(8-22)15(21)6-11;12-10(13)9-3-5-11(6-4-9)7-8-1-2-8/h2-7,9,24H,8,10,22H2,1H3;8-9H,1-7H2,(H,12,13). The number of rotatable bonds is 5. The van der Waals surface area contributed by atoms with E-state index in [-0.39, 0.29) is 23.9 Å². The van der Waals surface area contributed by atoms with Crippen LogP contribution in [0.3, 0.4) is 0 Å². The Hall–Kier alpha value is -3.47. The first-order chi connectivity index (χ1) is 19.2. The molecule has 3 aromatic rings. The Bertz CT molecular complexity index is 1400. The average molecular weight is 569 g/mol. The summed E-state index contributed by atoms with van der Waals surface area (Å²) < 4.78 is 15.9. The van der Waals surface area contributed by atoms with E-state index in [4.69, 9.17) is 22.4 Å². The molecule has 6 rings (SSSR count). The van der Waals surface area contributed by atoms with Gasteiger partial charge >= 0.3 is 5.97 Å². The smallest absolute Gasteiger partial charge is 0.306 e. The van der Waals surface area contributed by atoms with Crippen LogP contribution in [0, 0.1) is 17.7 Å². The summed E-state index contributed by atoms with van der Waals surface area (Å²) in [4.78, 5) is 27.9. The van der Waals surface area contributed by atoms with Crippen molar-refractivity contribution >= 4 is 40.7 Å². The number of nitrogens with two attached hydrogens (primary N) is 1. The molecule has 0 bridgehead atoms. The molecule has 1 amide bonds. The molecule has 9 nitrogen and oxygen atoms in total. The minimum atomic E-state index is -0.605. The fourth-order valence-electron chi connectivity index (χ4n) is 5.20. The zero-order valence-corrected chi connectivity index (χ0v) is 23.2. The zero-order valence-electron chi connectivity index (χ0n) is 22.4. The molecule has 0 atom stereocenters. The molecule has 0 radical (unpaired) electrons. The van der Waals surface area contributed by atoms with Crippen molar-refractivity contribution in [1.29, 1.82) is 0 Å². The van der Waals surface area contributed by atoms with E-state index in [9.17, 15) is 14.0 Å². The number of aryl methyl sites for hydroxylation is 1. The van der Waals surface area contributed by atoms with Crippen molar-refractivity contribution in [3.63, 3.8) is 0 Å². The lowest BCUT2D eigenvalue weighted by Gasteiger charge is -2.29. The largest absolute Gasteiger partial charge is 0.481 e. The molecule has 0 unspecified atom stereocenters. The normalized spacial score (nSPS) is 17.1. The second-order valence-electron chi connectivity index (χ2n) is 10.7. The second kappa shape index (κ2) is 12.0. The molecule has 0 spiro atoms. The number of hydrogen-bond donors (Lipinski definition) is 3. The molecule has 3 aliphatic rings. The summed E-state index contributed by atoms with van der Waals surface area (Å²) >= 11 is 6.14. The van der Waals surface area contributed by atoms with E-state index in [1.807, 2.05) is 7.05 Å². The fraction of sp³-hybridized carbons (Fsp3) is 0.414. The number of anilines is 3. The van der Waals surface area contributed by atoms with Gasteiger partial charge in [0.25, 0.3) is 5.91 Å². The number of fused-ring (bicyclic) bond motifs is 2. The van der Waals surface area contributed by atoms with Gasteiger partial charge in [-0.25, -0.2) is 4.39 Å². The highest BCUT2D eigenvalue weighted by atomic mass is 35.5. The maximum atomic E-state index is 14.2. The Kier molecular flexibility index (Phi) is 8.39. The summed E-state index contributed by atoms with van der Waals surface area (Å²) in [6.07, 6.45) is 6.18. The van der Waals surface area contributed by atoms with Gasteiger partial charge < -0.3 is 26.0 Å². The van der Waals surface area contributed by atoms with E-state index in [1.54, 1.807) is 40.0 Å². The number of carbonyl (C=O) groups excluding carboxylic acids is 1. The Labute approximate surface area is 237 Å². The molecule has 1 aromatic heterocycles. The maximum absolute atomic E-state index is 14.2. The van der Waals surface area contributed by atoms with Gasteiger partial charge in [0.05, 0.1) is 30.0 Å². The summed E-state index contributed by atoms with van der Waals surface area (Å²) in [5.41, 5.74) is 8.30. The number of carbonyl (C=O) groups is 2. The highest BCUT2D eigenvalue weighted by molar-refractivity contribution is 6.31. The van der Waals surface area contributed by atoms with E-state index in [1.165, 1.54) is 31.5 Å². The summed E-state index contributed by atoms with van der Waals surface area (Å²) in [7, 11) is 1.81. The van der Waals surface area contributed by atoms with E-state index in [0.29, 0.717) is 28.5 Å². The van der Waals surface area contributed by atoms with Gasteiger partial charge in [-0.3, -0.25) is 14.3 Å². The number of halogens is 2. The molecular weight excluding hydrogens is 535 g/mol. The molecule has 2 fully saturated rings. The van der Waals surface area contributed by atoms with Crippen LogP contribution in [0.4, 0.5) is 21.6 Å². The number of benzene rings is 2. The number of hydrogen-bond acceptors (Lipinski definition) is 6. The number of piperidine rings is 1. The average Bonchev–Trinajstić information content (AvgIpc) is 3.72. The van der Waals surface area contributed by atoms with E-state index >= 15 is 0 Å². The van der Waals surface area contributed by atoms with Crippen molar-refractivity contribution in [3.05, 3.63) is 70.1 Å². The topological polar surface area (TPSA) is 117 Å². The van der Waals surface area contributed by atoms with Crippen LogP contribution in [0.5, 0.6) is 0 Å². The SMILES string of the molecule is Cn1ncc2c1Nc1cc(Cl)ccc1N(C(=O)c1ccc(CN)c(F)c1)C2.O=C(O)C1CCN(CC2CC2)CC1. The molecule has 4 N–H and O–H groups in total. The van der Waals surface area contributed by atoms with E-state index in [2.05, 4.69) is 15.3 Å². The molecule has 2 aromatic carbocycles. The molecule has 1 saturated carbocycles. The van der Waals surface area contributed by atoms with Gasteiger partial charge in [-0.15, -0.1) is 0 Å². The van der Waals surface area contributed by atoms with Crippen molar-refractivity contribution in [3.8, 4) is 0 Å². The van der Waals surface area contributed by atoms with Crippen molar-refractivity contribution in [1.82, 2.24) is 14.7 Å². The third-order valence-corrected chi connectivity index (χ3v) is 8.00. The van der Waals surface area contributed by atoms with Gasteiger partial charge in [0.2, 0.25) is 0 Å². The molecular formula is C29H34ClFN6O3. The number of amides is 1. The van der Waals surface area contributed by atoms with Crippen LogP contribution >= 0.6 is 11.6 Å². The van der Waals surface area contributed by atoms with Gasteiger partial charge in [-0.05, 0) is 75.0 Å². The molecule has 1 saturated heterocycles. The number of carboxylic acid groups (broad SMARTS) is 1. The summed E-state index contributed by atoms with van der Waals surface area (Å²) in [6.45, 7) is 3.57. The molecule has 2 aliphatic heterocycles. The number of nitrogens with one attached hydrogen (secondary N) is 1. The number of nitrogens with zero attached hydrogens (tertiary/aromatic N) is 4. The first kappa shape index (κ1) is 28.1. The van der Waals surface area contributed by atoms with Crippen molar-refractivity contribution in [2.75, 3.05) is 29.9 Å². The van der Waals surface area contributed by atoms with E-state index in [0.717, 1.165) is 43.2 Å². The Morgan fingerprint density at radius 2 is 1.90 bits per heavy atom. The third-order valence-electron chi connectivity index (χ3n) is 7.76. The van der Waals surface area contributed by atoms with Crippen LogP contribution < -0.4 is 16.0 Å². The number of carboxylic acids is 1. The van der Waals surface area contributed by atoms with Crippen LogP contribution in [0.25, 0.3) is 0 Å². The third kappa shape index (κ3) is 6.29. The summed E-state index contributed by atoms with van der Waals surface area (Å²) in [5.74, 6) is 0.218. The van der Waals surface area contributed by atoms with Crippen LogP contribution in [-0.4, -0.2) is 51.3 Å². The first-order valence-corrected chi connectivity index (χ1v) is 13.9. The zero-order chi connectivity index (χ0) is 28.4. The highest BCUT2D eigenvalue weighted by Gasteiger charge is 2.29. The van der Waals surface area contributed by atoms with Crippen molar-refractivity contribution < 1.29 is 19.1 Å². The lowest BCUT2D eigenvalue weighted by molar-refractivity contribution is -0.143. The minimum Gasteiger partial charge on any atom is -0.481 e. The molecule has 3 heterocycles. The molecule has 11 heteroatoms. The first-order valence-electron chi connectivity index (χ1n) is 13.6. The number of aliphatic carboxylic acids is 1. The van der Waals surface area contributed by atoms with E-state index < -0.39 is 11.8 Å². The van der Waals surface area contributed by atoms with Crippen molar-refractivity contribution in [2.45, 2.75) is 38.8 Å². The Morgan fingerprint density at radius 1 is 1.15 bits per heavy atom. The Balaban J connectivity index is 0.000000207. The molecule has 212 valence electrons. The van der Waals surface area contributed by atoms with Gasteiger partial charge in [-0.2, -0.15) is 5.10 Å². The number of likely N-dealkylation sites (tertiary alicyclic amines) is 1. The van der Waals surface area contributed by atoms with Crippen molar-refractivity contribution in [2.24, 2.45) is 24.6 Å². The summed E-state index contributed by atoms with van der Waals surface area (Å²) in [6, 6.07) is 9.59. The van der Waals surface area contributed by atoms with Crippen LogP contribution in [0.15, 0.2) is 42.6 Å². The molecule has 40 heavy (non-hydrogen) atoms. The van der Waals surface area contributed by atoms with Gasteiger partial charge in [0, 0.05) is 41.9 Å². The highest BCUT2D eigenvalue weighted by Crippen LogP contribution is 2.38. The van der Waals surface area contributed by atoms with Crippen LogP contribution in [0.1, 0.15) is 47.2 Å². The fourth-order valence-corrected chi connectivity index (χ4v) is 5.37. The van der Waals surface area contributed by atoms with Gasteiger partial charge in [-0.1, -0.05) is 17.7 Å². The monoisotopic (exact) mass is 568 g/mol. The van der Waals surface area contributed by atoms with Gasteiger partial charge in [0.1, 0.15) is 11.6 Å². The lowest BCUT2D eigenvalue weighted by atomic mass is 9.97. The Morgan fingerprint density at radius 3 is 2.55 bits per heavy atom. The lowest BCUT2D eigenvalue weighted by Crippen LogP contribution is -2.37. The predicted octanol–water partition coefficient (Wildman–Crippen LogP) is 4.77. The summed E-state index contributed by atoms with van der Waals surface area (Å²) in [5, 5.41) is 16.9. The second-order valence-corrected chi connectivity index (χ2v) is 11.1. The minimum absolute atomic E-state index is 0.0737. The van der Waals surface area contributed by atoms with Crippen LogP contribution in [-0.2, 0) is 24.9 Å². The quantitative estimate of drug-likeness (QED) is 0.406. The predicted molar refractivity (Wildman–Crippen MR) is 152 cm³/mol. The maximum Gasteiger partial charge on any atom is 0.306 e. The van der Waals surface area contributed by atoms with Crippen LogP contribution in [0.2, 0.25) is 5.02 Å². The number of aromatic nitrogens is 2. The molecule has 1 aliphatic carbocycles. The van der Waals surface area contributed by atoms with Gasteiger partial charge in [0.15, 0.2) is 0 Å².